The molecule has 2 aromatic rings. The third-order valence-electron chi connectivity index (χ3n) is 3.91. The Balaban J connectivity index is 1.72. The van der Waals surface area contributed by atoms with Crippen molar-refractivity contribution < 1.29 is 9.90 Å². The number of carbonyl (C=O) groups is 1. The lowest BCUT2D eigenvalue weighted by molar-refractivity contribution is -0.138. The van der Waals surface area contributed by atoms with E-state index in [1.165, 1.54) is 5.56 Å². The van der Waals surface area contributed by atoms with Gasteiger partial charge in [-0.05, 0) is 41.2 Å². The van der Waals surface area contributed by atoms with Gasteiger partial charge in [-0.2, -0.15) is 0 Å². The van der Waals surface area contributed by atoms with Crippen LogP contribution in [0.5, 0.6) is 0 Å². The van der Waals surface area contributed by atoms with Crippen molar-refractivity contribution in [2.24, 2.45) is 5.92 Å². The van der Waals surface area contributed by atoms with E-state index in [4.69, 9.17) is 5.11 Å². The maximum absolute atomic E-state index is 11.0. The van der Waals surface area contributed by atoms with Gasteiger partial charge in [0, 0.05) is 6.42 Å². The Hall–Kier alpha value is -2.24. The standard InChI is InChI=1S/C15H18N4O2/c20-15(21)10-13(12-7-8-12)19-14(16-17-18-19)9-6-11-4-2-1-3-5-11/h1-5,12-13H,6-10H2,(H,20,21). The number of aliphatic carboxylic acids is 1. The summed E-state index contributed by atoms with van der Waals surface area (Å²) in [5, 5.41) is 20.9. The van der Waals surface area contributed by atoms with Crippen LogP contribution < -0.4 is 0 Å². The minimum atomic E-state index is -0.795. The van der Waals surface area contributed by atoms with Crippen molar-refractivity contribution in [3.8, 4) is 0 Å². The molecule has 1 N–H and O–H groups in total. The Labute approximate surface area is 122 Å². The van der Waals surface area contributed by atoms with E-state index in [0.29, 0.717) is 5.92 Å². The molecule has 1 heterocycles. The zero-order valence-corrected chi connectivity index (χ0v) is 11.7. The lowest BCUT2D eigenvalue weighted by Gasteiger charge is -2.15. The van der Waals surface area contributed by atoms with Crippen LogP contribution in [-0.2, 0) is 17.6 Å². The van der Waals surface area contributed by atoms with E-state index in [2.05, 4.69) is 27.7 Å². The molecule has 1 aliphatic carbocycles. The smallest absolute Gasteiger partial charge is 0.305 e. The molecule has 1 aromatic carbocycles. The predicted molar refractivity (Wildman–Crippen MR) is 75.7 cm³/mol. The highest BCUT2D eigenvalue weighted by Gasteiger charge is 2.36. The van der Waals surface area contributed by atoms with Gasteiger partial charge < -0.3 is 5.11 Å². The second kappa shape index (κ2) is 6.03. The van der Waals surface area contributed by atoms with Crippen molar-refractivity contribution in [3.05, 3.63) is 41.7 Å². The fourth-order valence-electron chi connectivity index (χ4n) is 2.65. The molecule has 0 bridgehead atoms. The Morgan fingerprint density at radius 3 is 2.71 bits per heavy atom. The second-order valence-electron chi connectivity index (χ2n) is 5.53. The molecular weight excluding hydrogens is 268 g/mol. The molecule has 0 spiro atoms. The van der Waals surface area contributed by atoms with Crippen molar-refractivity contribution in [1.29, 1.82) is 0 Å². The quantitative estimate of drug-likeness (QED) is 0.840. The van der Waals surface area contributed by atoms with Crippen molar-refractivity contribution >= 4 is 5.97 Å². The Morgan fingerprint density at radius 2 is 2.05 bits per heavy atom. The molecule has 21 heavy (non-hydrogen) atoms. The molecule has 0 amide bonds. The monoisotopic (exact) mass is 286 g/mol. The van der Waals surface area contributed by atoms with Gasteiger partial charge in [-0.1, -0.05) is 30.3 Å². The molecule has 0 saturated heterocycles. The first kappa shape index (κ1) is 13.7. The highest BCUT2D eigenvalue weighted by molar-refractivity contribution is 5.67. The maximum atomic E-state index is 11.0. The molecular formula is C15H18N4O2. The van der Waals surface area contributed by atoms with Gasteiger partial charge in [0.2, 0.25) is 0 Å². The third-order valence-corrected chi connectivity index (χ3v) is 3.91. The number of carboxylic acids is 1. The van der Waals surface area contributed by atoms with Crippen LogP contribution in [0.2, 0.25) is 0 Å². The van der Waals surface area contributed by atoms with Crippen LogP contribution in [-0.4, -0.2) is 31.3 Å². The van der Waals surface area contributed by atoms with Gasteiger partial charge in [-0.3, -0.25) is 4.79 Å². The van der Waals surface area contributed by atoms with Crippen LogP contribution in [0.1, 0.15) is 36.7 Å². The molecule has 6 nitrogen and oxygen atoms in total. The van der Waals surface area contributed by atoms with Gasteiger partial charge in [0.15, 0.2) is 5.82 Å². The van der Waals surface area contributed by atoms with Crippen LogP contribution in [0, 0.1) is 5.92 Å². The number of aromatic nitrogens is 4. The molecule has 1 fully saturated rings. The number of tetrazole rings is 1. The summed E-state index contributed by atoms with van der Waals surface area (Å²) in [5.74, 6) is 0.383. The van der Waals surface area contributed by atoms with Crippen molar-refractivity contribution in [3.63, 3.8) is 0 Å². The molecule has 1 unspecified atom stereocenters. The SMILES string of the molecule is O=C(O)CC(C1CC1)n1nnnc1CCc1ccccc1. The third kappa shape index (κ3) is 3.45. The minimum Gasteiger partial charge on any atom is -0.481 e. The maximum Gasteiger partial charge on any atom is 0.305 e. The van der Waals surface area contributed by atoms with Gasteiger partial charge in [-0.15, -0.1) is 5.10 Å². The Bertz CT molecular complexity index is 607. The van der Waals surface area contributed by atoms with Gasteiger partial charge in [-0.25, -0.2) is 4.68 Å². The number of benzene rings is 1. The first-order valence-electron chi connectivity index (χ1n) is 7.26. The Kier molecular flexibility index (Phi) is 3.94. The lowest BCUT2D eigenvalue weighted by atomic mass is 10.1. The fraction of sp³-hybridized carbons (Fsp3) is 0.467. The van der Waals surface area contributed by atoms with Gasteiger partial charge in [0.1, 0.15) is 0 Å². The summed E-state index contributed by atoms with van der Waals surface area (Å²) >= 11 is 0. The van der Waals surface area contributed by atoms with Crippen molar-refractivity contribution in [2.45, 2.75) is 38.1 Å². The number of aryl methyl sites for hydroxylation is 2. The first-order chi connectivity index (χ1) is 10.2. The first-order valence-corrected chi connectivity index (χ1v) is 7.26. The average Bonchev–Trinajstić information content (AvgIpc) is 3.22. The molecule has 110 valence electrons. The van der Waals surface area contributed by atoms with Crippen LogP contribution in [0.3, 0.4) is 0 Å². The minimum absolute atomic E-state index is 0.0913. The summed E-state index contributed by atoms with van der Waals surface area (Å²) in [6.07, 6.45) is 3.80. The van der Waals surface area contributed by atoms with E-state index in [1.807, 2.05) is 18.2 Å². The normalized spacial score (nSPS) is 15.8. The molecule has 3 rings (SSSR count). The summed E-state index contributed by atoms with van der Waals surface area (Å²) in [7, 11) is 0. The summed E-state index contributed by atoms with van der Waals surface area (Å²) in [6.45, 7) is 0. The van der Waals surface area contributed by atoms with Gasteiger partial charge >= 0.3 is 5.97 Å². The van der Waals surface area contributed by atoms with E-state index >= 15 is 0 Å². The van der Waals surface area contributed by atoms with Crippen LogP contribution >= 0.6 is 0 Å². The van der Waals surface area contributed by atoms with Crippen LogP contribution in [0.4, 0.5) is 0 Å². The average molecular weight is 286 g/mol. The summed E-state index contributed by atoms with van der Waals surface area (Å²) in [6, 6.07) is 10.0. The molecule has 1 aliphatic rings. The molecule has 6 heteroatoms. The molecule has 1 atom stereocenters. The lowest BCUT2D eigenvalue weighted by Crippen LogP contribution is -2.20. The van der Waals surface area contributed by atoms with E-state index in [9.17, 15) is 4.79 Å². The fourth-order valence-corrected chi connectivity index (χ4v) is 2.65. The topological polar surface area (TPSA) is 80.9 Å². The predicted octanol–water partition coefficient (Wildman–Crippen LogP) is 1.88. The van der Waals surface area contributed by atoms with Crippen LogP contribution in [0.15, 0.2) is 30.3 Å². The highest BCUT2D eigenvalue weighted by atomic mass is 16.4. The summed E-state index contributed by atoms with van der Waals surface area (Å²) in [5.41, 5.74) is 1.23. The second-order valence-corrected chi connectivity index (χ2v) is 5.53. The largest absolute Gasteiger partial charge is 0.481 e. The number of carboxylic acid groups (broad SMARTS) is 1. The number of hydrogen-bond donors (Lipinski definition) is 1. The Morgan fingerprint density at radius 1 is 1.29 bits per heavy atom. The number of nitrogens with zero attached hydrogens (tertiary/aromatic N) is 4. The zero-order valence-electron chi connectivity index (χ0n) is 11.7. The highest BCUT2D eigenvalue weighted by Crippen LogP contribution is 2.41. The van der Waals surface area contributed by atoms with Crippen molar-refractivity contribution in [1.82, 2.24) is 20.2 Å². The van der Waals surface area contributed by atoms with E-state index in [0.717, 1.165) is 31.5 Å². The number of rotatable bonds is 7. The number of hydrogen-bond acceptors (Lipinski definition) is 4. The summed E-state index contributed by atoms with van der Waals surface area (Å²) < 4.78 is 1.73. The zero-order chi connectivity index (χ0) is 14.7. The molecule has 1 aromatic heterocycles. The van der Waals surface area contributed by atoms with E-state index in [1.54, 1.807) is 4.68 Å². The van der Waals surface area contributed by atoms with Gasteiger partial charge in [0.25, 0.3) is 0 Å². The molecule has 0 radical (unpaired) electrons. The van der Waals surface area contributed by atoms with Crippen molar-refractivity contribution in [2.75, 3.05) is 0 Å². The van der Waals surface area contributed by atoms with E-state index < -0.39 is 5.97 Å². The van der Waals surface area contributed by atoms with Gasteiger partial charge in [0.05, 0.1) is 12.5 Å². The summed E-state index contributed by atoms with van der Waals surface area (Å²) in [4.78, 5) is 11.0. The molecule has 0 aliphatic heterocycles. The van der Waals surface area contributed by atoms with Crippen LogP contribution in [0.25, 0.3) is 0 Å². The van der Waals surface area contributed by atoms with E-state index in [-0.39, 0.29) is 12.5 Å². The molecule has 1 saturated carbocycles.